The normalized spacial score (nSPS) is 22.4. The molecule has 3 unspecified atom stereocenters. The van der Waals surface area contributed by atoms with Gasteiger partial charge in [0.2, 0.25) is 5.91 Å². The van der Waals surface area contributed by atoms with E-state index in [1.807, 2.05) is 6.92 Å². The zero-order chi connectivity index (χ0) is 14.9. The Morgan fingerprint density at radius 2 is 2.25 bits per heavy atom. The molecule has 1 fully saturated rings. The van der Waals surface area contributed by atoms with Gasteiger partial charge in [0.1, 0.15) is 0 Å². The Hall–Kier alpha value is -1.36. The van der Waals surface area contributed by atoms with Crippen molar-refractivity contribution in [2.45, 2.75) is 33.1 Å². The molecule has 110 valence electrons. The summed E-state index contributed by atoms with van der Waals surface area (Å²) in [6.45, 7) is 6.50. The average Bonchev–Trinajstić information content (AvgIpc) is 3.09. The van der Waals surface area contributed by atoms with E-state index >= 15 is 0 Å². The molecule has 0 spiro atoms. The number of hydrogen-bond donors (Lipinski definition) is 1. The van der Waals surface area contributed by atoms with E-state index in [1.54, 1.807) is 23.2 Å². The van der Waals surface area contributed by atoms with E-state index < -0.39 is 11.9 Å². The van der Waals surface area contributed by atoms with E-state index in [0.717, 1.165) is 6.42 Å². The second-order valence-corrected chi connectivity index (χ2v) is 6.48. The highest BCUT2D eigenvalue weighted by atomic mass is 32.1. The van der Waals surface area contributed by atoms with Gasteiger partial charge in [0.25, 0.3) is 0 Å². The topological polar surface area (TPSA) is 57.6 Å². The monoisotopic (exact) mass is 295 g/mol. The molecular formula is C15H21NO3S. The van der Waals surface area contributed by atoms with Gasteiger partial charge in [-0.15, -0.1) is 11.3 Å². The maximum atomic E-state index is 12.4. The predicted molar refractivity (Wildman–Crippen MR) is 79.0 cm³/mol. The molecule has 1 aliphatic carbocycles. The molecular weight excluding hydrogens is 274 g/mol. The number of carbonyl (C=O) groups is 2. The summed E-state index contributed by atoms with van der Waals surface area (Å²) in [5.41, 5.74) is 1.26. The first-order valence-electron chi connectivity index (χ1n) is 7.01. The Morgan fingerprint density at radius 1 is 1.55 bits per heavy atom. The molecule has 0 saturated heterocycles. The third-order valence-corrected chi connectivity index (χ3v) is 5.11. The van der Waals surface area contributed by atoms with Crippen molar-refractivity contribution >= 4 is 23.2 Å². The van der Waals surface area contributed by atoms with Gasteiger partial charge in [-0.25, -0.2) is 0 Å². The molecule has 3 atom stereocenters. The van der Waals surface area contributed by atoms with Crippen LogP contribution in [0.2, 0.25) is 0 Å². The van der Waals surface area contributed by atoms with Crippen LogP contribution in [0, 0.1) is 18.8 Å². The highest BCUT2D eigenvalue weighted by Crippen LogP contribution is 2.51. The largest absolute Gasteiger partial charge is 0.481 e. The lowest BCUT2D eigenvalue weighted by Gasteiger charge is -2.23. The van der Waals surface area contributed by atoms with E-state index in [-0.39, 0.29) is 11.8 Å². The molecule has 1 aromatic heterocycles. The molecule has 1 aliphatic rings. The van der Waals surface area contributed by atoms with Crippen LogP contribution in [0.5, 0.6) is 0 Å². The third kappa shape index (κ3) is 3.03. The minimum atomic E-state index is -0.849. The molecule has 1 saturated carbocycles. The van der Waals surface area contributed by atoms with E-state index in [0.29, 0.717) is 19.0 Å². The molecule has 0 aliphatic heterocycles. The lowest BCUT2D eigenvalue weighted by atomic mass is 10.1. The molecule has 0 aromatic carbocycles. The maximum absolute atomic E-state index is 12.4. The van der Waals surface area contributed by atoms with Gasteiger partial charge in [-0.05, 0) is 37.3 Å². The first-order chi connectivity index (χ1) is 9.45. The summed E-state index contributed by atoms with van der Waals surface area (Å²) in [5.74, 6) is -0.861. The Balaban J connectivity index is 1.98. The highest BCUT2D eigenvalue weighted by molar-refractivity contribution is 7.10. The van der Waals surface area contributed by atoms with Crippen molar-refractivity contribution in [1.29, 1.82) is 0 Å². The van der Waals surface area contributed by atoms with Crippen molar-refractivity contribution in [2.75, 3.05) is 13.1 Å². The van der Waals surface area contributed by atoms with Gasteiger partial charge in [-0.3, -0.25) is 9.59 Å². The highest BCUT2D eigenvalue weighted by Gasteiger charge is 2.46. The molecule has 0 radical (unpaired) electrons. The van der Waals surface area contributed by atoms with E-state index in [1.165, 1.54) is 10.4 Å². The van der Waals surface area contributed by atoms with Crippen LogP contribution in [0.3, 0.4) is 0 Å². The predicted octanol–water partition coefficient (Wildman–Crippen LogP) is 2.73. The number of aryl methyl sites for hydroxylation is 1. The summed E-state index contributed by atoms with van der Waals surface area (Å²) in [7, 11) is 0. The van der Waals surface area contributed by atoms with Crippen LogP contribution in [0.1, 0.15) is 36.6 Å². The van der Waals surface area contributed by atoms with Gasteiger partial charge < -0.3 is 10.0 Å². The zero-order valence-electron chi connectivity index (χ0n) is 12.1. The summed E-state index contributed by atoms with van der Waals surface area (Å²) >= 11 is 1.71. The average molecular weight is 295 g/mol. The minimum absolute atomic E-state index is 0.0493. The van der Waals surface area contributed by atoms with Gasteiger partial charge in [-0.2, -0.15) is 0 Å². The van der Waals surface area contributed by atoms with E-state index in [2.05, 4.69) is 18.4 Å². The molecule has 5 heteroatoms. The van der Waals surface area contributed by atoms with E-state index in [9.17, 15) is 9.59 Å². The van der Waals surface area contributed by atoms with Crippen LogP contribution in [-0.4, -0.2) is 35.0 Å². The molecule has 1 N–H and O–H groups in total. The Kier molecular flexibility index (Phi) is 4.48. The number of thiophene rings is 1. The second-order valence-electron chi connectivity index (χ2n) is 5.53. The molecule has 20 heavy (non-hydrogen) atoms. The van der Waals surface area contributed by atoms with Crippen LogP contribution in [-0.2, 0) is 9.59 Å². The fourth-order valence-corrected chi connectivity index (χ4v) is 3.65. The first-order valence-corrected chi connectivity index (χ1v) is 7.89. The van der Waals surface area contributed by atoms with Gasteiger partial charge in [0.05, 0.1) is 5.92 Å². The lowest BCUT2D eigenvalue weighted by Crippen LogP contribution is -2.37. The number of aliphatic carboxylic acids is 1. The van der Waals surface area contributed by atoms with Crippen molar-refractivity contribution in [1.82, 2.24) is 4.90 Å². The van der Waals surface area contributed by atoms with Gasteiger partial charge >= 0.3 is 5.97 Å². The Labute approximate surface area is 123 Å². The number of carboxylic acid groups (broad SMARTS) is 1. The van der Waals surface area contributed by atoms with Crippen molar-refractivity contribution < 1.29 is 14.7 Å². The number of amides is 1. The minimum Gasteiger partial charge on any atom is -0.481 e. The van der Waals surface area contributed by atoms with Gasteiger partial charge in [0, 0.05) is 29.8 Å². The fourth-order valence-electron chi connectivity index (χ4n) is 2.54. The SMILES string of the molecule is CCN(CC(C)C(=O)O)C(=O)C1CC1c1sccc1C. The fraction of sp³-hybridized carbons (Fsp3) is 0.600. The standard InChI is InChI=1S/C15H21NO3S/c1-4-16(8-10(3)15(18)19)14(17)12-7-11(12)13-9(2)5-6-20-13/h5-6,10-12H,4,7-8H2,1-3H3,(H,18,19). The van der Waals surface area contributed by atoms with Crippen LogP contribution >= 0.6 is 11.3 Å². The number of rotatable bonds is 6. The molecule has 1 heterocycles. The van der Waals surface area contributed by atoms with Gasteiger partial charge in [-0.1, -0.05) is 6.92 Å². The van der Waals surface area contributed by atoms with Crippen LogP contribution < -0.4 is 0 Å². The summed E-state index contributed by atoms with van der Waals surface area (Å²) in [4.78, 5) is 26.4. The van der Waals surface area contributed by atoms with Crippen molar-refractivity contribution in [3.8, 4) is 0 Å². The van der Waals surface area contributed by atoms with E-state index in [4.69, 9.17) is 5.11 Å². The number of hydrogen-bond acceptors (Lipinski definition) is 3. The summed E-state index contributed by atoms with van der Waals surface area (Å²) in [6.07, 6.45) is 0.901. The summed E-state index contributed by atoms with van der Waals surface area (Å²) in [5, 5.41) is 11.0. The lowest BCUT2D eigenvalue weighted by molar-refractivity contribution is -0.143. The van der Waals surface area contributed by atoms with Crippen LogP contribution in [0.15, 0.2) is 11.4 Å². The van der Waals surface area contributed by atoms with Crippen LogP contribution in [0.4, 0.5) is 0 Å². The summed E-state index contributed by atoms with van der Waals surface area (Å²) < 4.78 is 0. The van der Waals surface area contributed by atoms with Crippen molar-refractivity contribution in [3.63, 3.8) is 0 Å². The van der Waals surface area contributed by atoms with Crippen molar-refractivity contribution in [2.24, 2.45) is 11.8 Å². The molecule has 4 nitrogen and oxygen atoms in total. The summed E-state index contributed by atoms with van der Waals surface area (Å²) in [6, 6.07) is 2.09. The maximum Gasteiger partial charge on any atom is 0.308 e. The number of carbonyl (C=O) groups excluding carboxylic acids is 1. The first kappa shape index (κ1) is 15.0. The van der Waals surface area contributed by atoms with Crippen LogP contribution in [0.25, 0.3) is 0 Å². The zero-order valence-corrected chi connectivity index (χ0v) is 12.9. The molecule has 1 amide bonds. The smallest absolute Gasteiger partial charge is 0.308 e. The quantitative estimate of drug-likeness (QED) is 0.878. The Bertz CT molecular complexity index is 511. The van der Waals surface area contributed by atoms with Crippen molar-refractivity contribution in [3.05, 3.63) is 21.9 Å². The molecule has 2 rings (SSSR count). The number of carboxylic acids is 1. The number of nitrogens with zero attached hydrogens (tertiary/aromatic N) is 1. The Morgan fingerprint density at radius 3 is 2.75 bits per heavy atom. The third-order valence-electron chi connectivity index (χ3n) is 3.96. The molecule has 0 bridgehead atoms. The second kappa shape index (κ2) is 5.95. The molecule has 1 aromatic rings. The van der Waals surface area contributed by atoms with Gasteiger partial charge in [0.15, 0.2) is 0 Å².